The van der Waals surface area contributed by atoms with Crippen molar-refractivity contribution in [2.45, 2.75) is 45.6 Å². The van der Waals surface area contributed by atoms with E-state index in [0.29, 0.717) is 6.61 Å². The topological polar surface area (TPSA) is 9.23 Å². The molecule has 2 aromatic rings. The van der Waals surface area contributed by atoms with Gasteiger partial charge in [0.05, 0.1) is 0 Å². The molecule has 0 aliphatic heterocycles. The molecular weight excluding hydrogens is 256 g/mol. The summed E-state index contributed by atoms with van der Waals surface area (Å²) in [5, 5.41) is 0. The Hall–Kier alpha value is -1.76. The molecule has 1 heteroatoms. The van der Waals surface area contributed by atoms with Gasteiger partial charge in [-0.05, 0) is 47.9 Å². The van der Waals surface area contributed by atoms with Gasteiger partial charge in [0.25, 0.3) is 0 Å². The number of benzene rings is 2. The van der Waals surface area contributed by atoms with Crippen LogP contribution in [0.4, 0.5) is 0 Å². The van der Waals surface area contributed by atoms with Crippen molar-refractivity contribution in [3.8, 4) is 5.75 Å². The summed E-state index contributed by atoms with van der Waals surface area (Å²) in [6, 6.07) is 17.0. The maximum atomic E-state index is 6.09. The summed E-state index contributed by atoms with van der Waals surface area (Å²) >= 11 is 0. The predicted octanol–water partition coefficient (Wildman–Crippen LogP) is 5.17. The summed E-state index contributed by atoms with van der Waals surface area (Å²) in [5.41, 5.74) is 4.18. The summed E-state index contributed by atoms with van der Waals surface area (Å²) in [6.45, 7) is 2.95. The molecule has 0 fully saturated rings. The summed E-state index contributed by atoms with van der Waals surface area (Å²) < 4.78 is 6.09. The Morgan fingerprint density at radius 3 is 2.71 bits per heavy atom. The number of hydrogen-bond acceptors (Lipinski definition) is 1. The lowest BCUT2D eigenvalue weighted by Gasteiger charge is -2.26. The first kappa shape index (κ1) is 14.2. The standard InChI is InChI=1S/C20H24O/c1-2-7-16-12-13-19-18(14-16)10-6-11-20(19)21-15-17-8-4-3-5-9-17/h3-6,8-11,16H,2,7,12-15H2,1H3. The highest BCUT2D eigenvalue weighted by molar-refractivity contribution is 5.42. The molecule has 1 aliphatic carbocycles. The van der Waals surface area contributed by atoms with Crippen molar-refractivity contribution >= 4 is 0 Å². The lowest BCUT2D eigenvalue weighted by atomic mass is 9.81. The fourth-order valence-electron chi connectivity index (χ4n) is 3.37. The molecule has 0 saturated carbocycles. The van der Waals surface area contributed by atoms with E-state index in [4.69, 9.17) is 4.74 Å². The molecule has 0 spiro atoms. The van der Waals surface area contributed by atoms with Crippen molar-refractivity contribution in [2.24, 2.45) is 5.92 Å². The highest BCUT2D eigenvalue weighted by atomic mass is 16.5. The number of hydrogen-bond donors (Lipinski definition) is 0. The molecule has 0 amide bonds. The van der Waals surface area contributed by atoms with E-state index in [-0.39, 0.29) is 0 Å². The second kappa shape index (κ2) is 6.80. The Morgan fingerprint density at radius 2 is 1.90 bits per heavy atom. The Labute approximate surface area is 128 Å². The number of ether oxygens (including phenoxy) is 1. The predicted molar refractivity (Wildman–Crippen MR) is 87.6 cm³/mol. The van der Waals surface area contributed by atoms with E-state index in [2.05, 4.69) is 49.4 Å². The third-order valence-electron chi connectivity index (χ3n) is 4.48. The van der Waals surface area contributed by atoms with Gasteiger partial charge in [-0.15, -0.1) is 0 Å². The van der Waals surface area contributed by atoms with E-state index in [1.165, 1.54) is 48.8 Å². The fourth-order valence-corrected chi connectivity index (χ4v) is 3.37. The Morgan fingerprint density at radius 1 is 1.05 bits per heavy atom. The van der Waals surface area contributed by atoms with Crippen LogP contribution in [0.3, 0.4) is 0 Å². The molecule has 0 N–H and O–H groups in total. The van der Waals surface area contributed by atoms with E-state index in [0.717, 1.165) is 11.7 Å². The van der Waals surface area contributed by atoms with Crippen molar-refractivity contribution in [1.29, 1.82) is 0 Å². The van der Waals surface area contributed by atoms with Gasteiger partial charge in [0.2, 0.25) is 0 Å². The Kier molecular flexibility index (Phi) is 4.59. The SMILES string of the molecule is CCCC1CCc2c(cccc2OCc2ccccc2)C1. The zero-order chi connectivity index (χ0) is 14.5. The first-order valence-corrected chi connectivity index (χ1v) is 8.14. The minimum Gasteiger partial charge on any atom is -0.489 e. The van der Waals surface area contributed by atoms with Crippen LogP contribution in [-0.2, 0) is 19.4 Å². The maximum absolute atomic E-state index is 6.09. The highest BCUT2D eigenvalue weighted by Crippen LogP contribution is 2.34. The molecular formula is C20H24O. The summed E-state index contributed by atoms with van der Waals surface area (Å²) in [7, 11) is 0. The van der Waals surface area contributed by atoms with Gasteiger partial charge in [0, 0.05) is 0 Å². The second-order valence-corrected chi connectivity index (χ2v) is 6.07. The van der Waals surface area contributed by atoms with Crippen molar-refractivity contribution < 1.29 is 4.74 Å². The van der Waals surface area contributed by atoms with E-state index in [9.17, 15) is 0 Å². The first-order chi connectivity index (χ1) is 10.4. The molecule has 3 rings (SSSR count). The van der Waals surface area contributed by atoms with Crippen LogP contribution in [0.5, 0.6) is 5.75 Å². The summed E-state index contributed by atoms with van der Waals surface area (Å²) in [6.07, 6.45) is 6.36. The second-order valence-electron chi connectivity index (χ2n) is 6.07. The van der Waals surface area contributed by atoms with Crippen LogP contribution in [0.15, 0.2) is 48.5 Å². The van der Waals surface area contributed by atoms with Gasteiger partial charge in [-0.3, -0.25) is 0 Å². The highest BCUT2D eigenvalue weighted by Gasteiger charge is 2.20. The average molecular weight is 280 g/mol. The van der Waals surface area contributed by atoms with Crippen LogP contribution in [0.25, 0.3) is 0 Å². The molecule has 0 saturated heterocycles. The van der Waals surface area contributed by atoms with E-state index >= 15 is 0 Å². The number of fused-ring (bicyclic) bond motifs is 1. The minimum absolute atomic E-state index is 0.662. The van der Waals surface area contributed by atoms with Gasteiger partial charge in [-0.25, -0.2) is 0 Å². The van der Waals surface area contributed by atoms with Crippen LogP contribution >= 0.6 is 0 Å². The lowest BCUT2D eigenvalue weighted by molar-refractivity contribution is 0.298. The lowest BCUT2D eigenvalue weighted by Crippen LogP contribution is -2.15. The molecule has 1 aliphatic rings. The van der Waals surface area contributed by atoms with Gasteiger partial charge in [-0.1, -0.05) is 62.2 Å². The van der Waals surface area contributed by atoms with Crippen molar-refractivity contribution in [3.63, 3.8) is 0 Å². The minimum atomic E-state index is 0.662. The number of rotatable bonds is 5. The van der Waals surface area contributed by atoms with E-state index in [1.807, 2.05) is 6.07 Å². The normalized spacial score (nSPS) is 17.3. The van der Waals surface area contributed by atoms with Crippen molar-refractivity contribution in [2.75, 3.05) is 0 Å². The molecule has 1 nitrogen and oxygen atoms in total. The van der Waals surface area contributed by atoms with Gasteiger partial charge in [0.1, 0.15) is 12.4 Å². The summed E-state index contributed by atoms with van der Waals surface area (Å²) in [4.78, 5) is 0. The largest absolute Gasteiger partial charge is 0.489 e. The third-order valence-corrected chi connectivity index (χ3v) is 4.48. The van der Waals surface area contributed by atoms with E-state index < -0.39 is 0 Å². The Balaban J connectivity index is 1.71. The van der Waals surface area contributed by atoms with Crippen LogP contribution in [0.2, 0.25) is 0 Å². The molecule has 1 atom stereocenters. The van der Waals surface area contributed by atoms with Gasteiger partial charge >= 0.3 is 0 Å². The van der Waals surface area contributed by atoms with Crippen LogP contribution in [0, 0.1) is 5.92 Å². The molecule has 0 aromatic heterocycles. The van der Waals surface area contributed by atoms with Crippen LogP contribution in [-0.4, -0.2) is 0 Å². The first-order valence-electron chi connectivity index (χ1n) is 8.14. The Bertz CT molecular complexity index is 574. The van der Waals surface area contributed by atoms with Gasteiger partial charge in [-0.2, -0.15) is 0 Å². The average Bonchev–Trinajstić information content (AvgIpc) is 2.54. The fraction of sp³-hybridized carbons (Fsp3) is 0.400. The molecule has 0 bridgehead atoms. The smallest absolute Gasteiger partial charge is 0.123 e. The zero-order valence-corrected chi connectivity index (χ0v) is 12.8. The monoisotopic (exact) mass is 280 g/mol. The molecule has 110 valence electrons. The third kappa shape index (κ3) is 3.47. The van der Waals surface area contributed by atoms with Crippen molar-refractivity contribution in [3.05, 3.63) is 65.2 Å². The molecule has 1 unspecified atom stereocenters. The van der Waals surface area contributed by atoms with Gasteiger partial charge in [0.15, 0.2) is 0 Å². The van der Waals surface area contributed by atoms with Crippen molar-refractivity contribution in [1.82, 2.24) is 0 Å². The zero-order valence-electron chi connectivity index (χ0n) is 12.8. The summed E-state index contributed by atoms with van der Waals surface area (Å²) in [5.74, 6) is 1.96. The molecule has 2 aromatic carbocycles. The molecule has 0 radical (unpaired) electrons. The molecule has 21 heavy (non-hydrogen) atoms. The maximum Gasteiger partial charge on any atom is 0.123 e. The van der Waals surface area contributed by atoms with Gasteiger partial charge < -0.3 is 4.74 Å². The van der Waals surface area contributed by atoms with Crippen LogP contribution in [0.1, 0.15) is 42.9 Å². The van der Waals surface area contributed by atoms with Crippen LogP contribution < -0.4 is 4.74 Å². The quantitative estimate of drug-likeness (QED) is 0.734. The molecule has 0 heterocycles. The van der Waals surface area contributed by atoms with E-state index in [1.54, 1.807) is 0 Å².